The smallest absolute Gasteiger partial charge is 0.256 e. The van der Waals surface area contributed by atoms with Crippen LogP contribution < -0.4 is 5.14 Å². The number of aromatic nitrogens is 1. The second-order valence-corrected chi connectivity index (χ2v) is 5.50. The number of rotatable bonds is 2. The van der Waals surface area contributed by atoms with Gasteiger partial charge in [-0.2, -0.15) is 13.2 Å². The normalized spacial score (nSPS) is 12.4. The van der Waals surface area contributed by atoms with Crippen molar-refractivity contribution < 1.29 is 21.6 Å². The molecule has 0 spiro atoms. The topological polar surface area (TPSA) is 73.1 Å². The van der Waals surface area contributed by atoms with Crippen LogP contribution in [-0.4, -0.2) is 13.4 Å². The van der Waals surface area contributed by atoms with Crippen LogP contribution in [0.5, 0.6) is 0 Å². The van der Waals surface area contributed by atoms with Gasteiger partial charge < -0.3 is 0 Å². The monoisotopic (exact) mass is 302 g/mol. The van der Waals surface area contributed by atoms with Crippen LogP contribution in [-0.2, 0) is 16.2 Å². The van der Waals surface area contributed by atoms with E-state index < -0.39 is 21.8 Å². The molecule has 0 amide bonds. The van der Waals surface area contributed by atoms with E-state index in [9.17, 15) is 21.6 Å². The lowest BCUT2D eigenvalue weighted by Crippen LogP contribution is -2.13. The predicted octanol–water partition coefficient (Wildman–Crippen LogP) is 2.41. The maximum Gasteiger partial charge on any atom is 0.417 e. The first-order chi connectivity index (χ1) is 9.19. The second-order valence-electron chi connectivity index (χ2n) is 3.97. The molecule has 0 aliphatic rings. The minimum absolute atomic E-state index is 0.0997. The summed E-state index contributed by atoms with van der Waals surface area (Å²) in [7, 11) is -3.98. The first kappa shape index (κ1) is 14.5. The molecule has 1 aromatic heterocycles. The number of nitrogens with two attached hydrogens (primary N) is 1. The molecular weight excluding hydrogens is 293 g/mol. The average molecular weight is 302 g/mol. The lowest BCUT2D eigenvalue weighted by atomic mass is 10.1. The molecule has 8 heteroatoms. The Hall–Kier alpha value is -1.93. The zero-order chi connectivity index (χ0) is 15.0. The van der Waals surface area contributed by atoms with Crippen LogP contribution in [0.25, 0.3) is 11.3 Å². The highest BCUT2D eigenvalue weighted by Crippen LogP contribution is 2.31. The number of nitrogens with zero attached hydrogens (tertiary/aromatic N) is 1. The van der Waals surface area contributed by atoms with Gasteiger partial charge in [0.15, 0.2) is 0 Å². The third-order valence-electron chi connectivity index (χ3n) is 2.56. The lowest BCUT2D eigenvalue weighted by Gasteiger charge is -2.09. The number of primary sulfonamides is 1. The van der Waals surface area contributed by atoms with E-state index in [1.54, 1.807) is 6.07 Å². The van der Waals surface area contributed by atoms with E-state index in [1.807, 2.05) is 0 Å². The van der Waals surface area contributed by atoms with Gasteiger partial charge in [-0.05, 0) is 18.2 Å². The fraction of sp³-hybridized carbons (Fsp3) is 0.0833. The Balaban J connectivity index is 2.54. The summed E-state index contributed by atoms with van der Waals surface area (Å²) >= 11 is 0. The number of hydrogen-bond acceptors (Lipinski definition) is 3. The number of pyridine rings is 1. The van der Waals surface area contributed by atoms with E-state index in [4.69, 9.17) is 5.14 Å². The van der Waals surface area contributed by atoms with Crippen molar-refractivity contribution in [1.82, 2.24) is 4.98 Å². The Morgan fingerprint density at radius 2 is 1.70 bits per heavy atom. The fourth-order valence-corrected chi connectivity index (χ4v) is 2.39. The molecule has 2 aromatic rings. The maximum atomic E-state index is 12.4. The number of hydrogen-bond donors (Lipinski definition) is 1. The number of halogens is 3. The molecular formula is C12H9F3N2O2S. The van der Waals surface area contributed by atoms with E-state index in [0.717, 1.165) is 12.1 Å². The molecule has 0 aliphatic carbocycles. The lowest BCUT2D eigenvalue weighted by molar-refractivity contribution is -0.137. The maximum absolute atomic E-state index is 12.4. The van der Waals surface area contributed by atoms with Crippen molar-refractivity contribution in [2.75, 3.05) is 0 Å². The molecule has 0 aliphatic heterocycles. The van der Waals surface area contributed by atoms with Gasteiger partial charge in [0.25, 0.3) is 0 Å². The summed E-state index contributed by atoms with van der Waals surface area (Å²) in [5.74, 6) is 0. The van der Waals surface area contributed by atoms with E-state index in [-0.39, 0.29) is 16.2 Å². The summed E-state index contributed by atoms with van der Waals surface area (Å²) in [5.41, 5.74) is -0.652. The zero-order valence-electron chi connectivity index (χ0n) is 9.92. The van der Waals surface area contributed by atoms with Gasteiger partial charge >= 0.3 is 6.18 Å². The summed E-state index contributed by atoms with van der Waals surface area (Å²) in [4.78, 5) is 3.46. The Kier molecular flexibility index (Phi) is 3.53. The zero-order valence-corrected chi connectivity index (χ0v) is 10.7. The van der Waals surface area contributed by atoms with Crippen molar-refractivity contribution in [2.45, 2.75) is 11.1 Å². The molecule has 20 heavy (non-hydrogen) atoms. The molecule has 0 saturated carbocycles. The van der Waals surface area contributed by atoms with Crippen molar-refractivity contribution >= 4 is 10.0 Å². The summed E-state index contributed by atoms with van der Waals surface area (Å²) in [6, 6.07) is 7.64. The first-order valence-corrected chi connectivity index (χ1v) is 6.89. The van der Waals surface area contributed by atoms with Crippen molar-refractivity contribution in [3.8, 4) is 11.3 Å². The van der Waals surface area contributed by atoms with Gasteiger partial charge in [0, 0.05) is 11.8 Å². The number of benzene rings is 1. The van der Waals surface area contributed by atoms with Gasteiger partial charge in [0.1, 0.15) is 0 Å². The molecule has 106 valence electrons. The SMILES string of the molecule is NS(=O)(=O)c1ccccc1-c1ccc(C(F)(F)F)cn1. The predicted molar refractivity (Wildman–Crippen MR) is 66.0 cm³/mol. The van der Waals surface area contributed by atoms with E-state index in [0.29, 0.717) is 6.20 Å². The highest BCUT2D eigenvalue weighted by Gasteiger charge is 2.30. The molecule has 2 rings (SSSR count). The van der Waals surface area contributed by atoms with E-state index >= 15 is 0 Å². The van der Waals surface area contributed by atoms with Crippen LogP contribution in [0, 0.1) is 0 Å². The van der Waals surface area contributed by atoms with Gasteiger partial charge in [-0.25, -0.2) is 13.6 Å². The van der Waals surface area contributed by atoms with E-state index in [2.05, 4.69) is 4.98 Å². The van der Waals surface area contributed by atoms with Gasteiger partial charge in [0.2, 0.25) is 10.0 Å². The molecule has 4 nitrogen and oxygen atoms in total. The summed E-state index contributed by atoms with van der Waals surface area (Å²) in [6.45, 7) is 0. The quantitative estimate of drug-likeness (QED) is 0.926. The van der Waals surface area contributed by atoms with Crippen LogP contribution in [0.1, 0.15) is 5.56 Å². The van der Waals surface area contributed by atoms with Crippen LogP contribution in [0.2, 0.25) is 0 Å². The van der Waals surface area contributed by atoms with Crippen LogP contribution in [0.3, 0.4) is 0 Å². The molecule has 0 bridgehead atoms. The van der Waals surface area contributed by atoms with Gasteiger partial charge in [-0.1, -0.05) is 18.2 Å². The minimum Gasteiger partial charge on any atom is -0.256 e. The first-order valence-electron chi connectivity index (χ1n) is 5.35. The van der Waals surface area contributed by atoms with Crippen molar-refractivity contribution in [3.05, 3.63) is 48.2 Å². The van der Waals surface area contributed by atoms with Crippen LogP contribution >= 0.6 is 0 Å². The standard InChI is InChI=1S/C12H9F3N2O2S/c13-12(14,15)8-5-6-10(17-7-8)9-3-1-2-4-11(9)20(16,18)19/h1-7H,(H2,16,18,19). The number of alkyl halides is 3. The van der Waals surface area contributed by atoms with Crippen molar-refractivity contribution in [1.29, 1.82) is 0 Å². The number of sulfonamides is 1. The van der Waals surface area contributed by atoms with Gasteiger partial charge in [0.05, 0.1) is 16.2 Å². The summed E-state index contributed by atoms with van der Waals surface area (Å²) in [5, 5.41) is 5.06. The molecule has 0 saturated heterocycles. The molecule has 2 N–H and O–H groups in total. The second kappa shape index (κ2) is 4.88. The van der Waals surface area contributed by atoms with Crippen molar-refractivity contribution in [2.24, 2.45) is 5.14 Å². The molecule has 0 atom stereocenters. The third-order valence-corrected chi connectivity index (χ3v) is 3.53. The van der Waals surface area contributed by atoms with Crippen molar-refractivity contribution in [3.63, 3.8) is 0 Å². The average Bonchev–Trinajstić information content (AvgIpc) is 2.37. The minimum atomic E-state index is -4.50. The molecule has 1 heterocycles. The Morgan fingerprint density at radius 1 is 1.05 bits per heavy atom. The largest absolute Gasteiger partial charge is 0.417 e. The van der Waals surface area contributed by atoms with Crippen LogP contribution in [0.15, 0.2) is 47.5 Å². The van der Waals surface area contributed by atoms with E-state index in [1.165, 1.54) is 18.2 Å². The van der Waals surface area contributed by atoms with Gasteiger partial charge in [-0.15, -0.1) is 0 Å². The third kappa shape index (κ3) is 2.97. The Bertz CT molecular complexity index is 725. The Morgan fingerprint density at radius 3 is 2.20 bits per heavy atom. The van der Waals surface area contributed by atoms with Gasteiger partial charge in [-0.3, -0.25) is 4.98 Å². The molecule has 0 fully saturated rings. The van der Waals surface area contributed by atoms with Crippen LogP contribution in [0.4, 0.5) is 13.2 Å². The summed E-state index contributed by atoms with van der Waals surface area (Å²) in [6.07, 6.45) is -3.85. The summed E-state index contributed by atoms with van der Waals surface area (Å²) < 4.78 is 60.2. The molecule has 0 radical (unpaired) electrons. The fourth-order valence-electron chi connectivity index (χ4n) is 1.65. The molecule has 1 aromatic carbocycles. The Labute approximate surface area is 113 Å². The molecule has 0 unspecified atom stereocenters. The highest BCUT2D eigenvalue weighted by molar-refractivity contribution is 7.89. The highest BCUT2D eigenvalue weighted by atomic mass is 32.2.